The summed E-state index contributed by atoms with van der Waals surface area (Å²) in [6, 6.07) is 0.854. The van der Waals surface area contributed by atoms with E-state index in [4.69, 9.17) is 0 Å². The third kappa shape index (κ3) is 2.80. The molecule has 0 spiro atoms. The first-order valence-electron chi connectivity index (χ1n) is 9.62. The van der Waals surface area contributed by atoms with Gasteiger partial charge in [-0.25, -0.2) is 0 Å². The summed E-state index contributed by atoms with van der Waals surface area (Å²) in [6.07, 6.45) is 18.2. The summed E-state index contributed by atoms with van der Waals surface area (Å²) in [4.78, 5) is 0. The van der Waals surface area contributed by atoms with Crippen molar-refractivity contribution in [3.8, 4) is 0 Å². The van der Waals surface area contributed by atoms with Gasteiger partial charge in [0, 0.05) is 6.04 Å². The topological polar surface area (TPSA) is 12.0 Å². The smallest absolute Gasteiger partial charge is 0.00671 e. The largest absolute Gasteiger partial charge is 0.314 e. The molecule has 5 rings (SSSR count). The van der Waals surface area contributed by atoms with Crippen LogP contribution in [0, 0.1) is 29.6 Å². The number of rotatable bonds is 3. The van der Waals surface area contributed by atoms with Gasteiger partial charge in [0.25, 0.3) is 0 Å². The fourth-order valence-corrected chi connectivity index (χ4v) is 6.33. The molecule has 0 atom stereocenters. The molecular formula is C19H33N. The number of hydrogen-bond acceptors (Lipinski definition) is 1. The summed E-state index contributed by atoms with van der Waals surface area (Å²) < 4.78 is 0. The number of hydrogen-bond donors (Lipinski definition) is 1. The maximum atomic E-state index is 4.02. The van der Waals surface area contributed by atoms with E-state index in [1.165, 1.54) is 51.5 Å². The molecule has 5 fully saturated rings. The van der Waals surface area contributed by atoms with Crippen LogP contribution in [0.15, 0.2) is 0 Å². The van der Waals surface area contributed by atoms with E-state index in [2.05, 4.69) is 5.32 Å². The summed E-state index contributed by atoms with van der Waals surface area (Å²) >= 11 is 0. The lowest BCUT2D eigenvalue weighted by atomic mass is 9.52. The monoisotopic (exact) mass is 275 g/mol. The Kier molecular flexibility index (Phi) is 4.07. The van der Waals surface area contributed by atoms with Crippen molar-refractivity contribution in [1.29, 1.82) is 0 Å². The van der Waals surface area contributed by atoms with E-state index in [0.29, 0.717) is 0 Å². The summed E-state index contributed by atoms with van der Waals surface area (Å²) in [5.41, 5.74) is 0. The van der Waals surface area contributed by atoms with Gasteiger partial charge in [-0.05, 0) is 81.1 Å². The van der Waals surface area contributed by atoms with Crippen LogP contribution in [0.5, 0.6) is 0 Å². The van der Waals surface area contributed by atoms with Gasteiger partial charge >= 0.3 is 0 Å². The maximum absolute atomic E-state index is 4.02. The summed E-state index contributed by atoms with van der Waals surface area (Å²) in [7, 11) is 0. The van der Waals surface area contributed by atoms with Gasteiger partial charge < -0.3 is 5.32 Å². The fraction of sp³-hybridized carbons (Fsp3) is 1.00. The Labute approximate surface area is 125 Å². The lowest BCUT2D eigenvalue weighted by Gasteiger charge is -2.54. The highest BCUT2D eigenvalue weighted by atomic mass is 14.9. The molecule has 0 saturated heterocycles. The van der Waals surface area contributed by atoms with Crippen molar-refractivity contribution < 1.29 is 0 Å². The van der Waals surface area contributed by atoms with E-state index in [1.807, 2.05) is 0 Å². The molecule has 5 saturated carbocycles. The lowest BCUT2D eigenvalue weighted by molar-refractivity contribution is -0.0365. The molecule has 0 aromatic rings. The van der Waals surface area contributed by atoms with Crippen LogP contribution in [-0.2, 0) is 0 Å². The van der Waals surface area contributed by atoms with Gasteiger partial charge in [-0.15, -0.1) is 0 Å². The Morgan fingerprint density at radius 1 is 0.650 bits per heavy atom. The van der Waals surface area contributed by atoms with E-state index < -0.39 is 0 Å². The predicted octanol–water partition coefficient (Wildman–Crippen LogP) is 4.76. The molecule has 1 heteroatoms. The second-order valence-electron chi connectivity index (χ2n) is 8.54. The van der Waals surface area contributed by atoms with Crippen LogP contribution >= 0.6 is 0 Å². The van der Waals surface area contributed by atoms with Gasteiger partial charge in [-0.2, -0.15) is 0 Å². The molecule has 5 aliphatic rings. The average molecular weight is 275 g/mol. The van der Waals surface area contributed by atoms with E-state index in [-0.39, 0.29) is 0 Å². The zero-order valence-electron chi connectivity index (χ0n) is 13.2. The standard InChI is InChI=1S/C19H33N/c1-2-4-6-18(7-5-3-1)20-13-19-16-9-14-8-15(11-16)12-17(19)10-14/h14-20H,1-13H2. The van der Waals surface area contributed by atoms with Crippen molar-refractivity contribution >= 4 is 0 Å². The first-order chi connectivity index (χ1) is 9.88. The van der Waals surface area contributed by atoms with Crippen molar-refractivity contribution in [2.24, 2.45) is 29.6 Å². The van der Waals surface area contributed by atoms with E-state index in [1.54, 1.807) is 32.1 Å². The van der Waals surface area contributed by atoms with Gasteiger partial charge in [0.05, 0.1) is 0 Å². The Morgan fingerprint density at radius 2 is 1.20 bits per heavy atom. The van der Waals surface area contributed by atoms with E-state index in [9.17, 15) is 0 Å². The molecule has 1 N–H and O–H groups in total. The van der Waals surface area contributed by atoms with Crippen LogP contribution in [0.4, 0.5) is 0 Å². The molecule has 0 aliphatic heterocycles. The predicted molar refractivity (Wildman–Crippen MR) is 84.6 cm³/mol. The molecule has 0 amide bonds. The Balaban J connectivity index is 1.30. The van der Waals surface area contributed by atoms with E-state index in [0.717, 1.165) is 35.6 Å². The van der Waals surface area contributed by atoms with Crippen LogP contribution in [0.25, 0.3) is 0 Å². The fourth-order valence-electron chi connectivity index (χ4n) is 6.33. The highest BCUT2D eigenvalue weighted by Crippen LogP contribution is 2.56. The van der Waals surface area contributed by atoms with Gasteiger partial charge in [-0.3, -0.25) is 0 Å². The van der Waals surface area contributed by atoms with Crippen molar-refractivity contribution in [3.63, 3.8) is 0 Å². The minimum Gasteiger partial charge on any atom is -0.314 e. The van der Waals surface area contributed by atoms with Crippen molar-refractivity contribution in [1.82, 2.24) is 5.32 Å². The first kappa shape index (κ1) is 13.6. The molecule has 0 aromatic carbocycles. The highest BCUT2D eigenvalue weighted by molar-refractivity contribution is 4.98. The summed E-state index contributed by atoms with van der Waals surface area (Å²) in [5.74, 6) is 5.53. The number of nitrogens with one attached hydrogen (secondary N) is 1. The Hall–Kier alpha value is -0.0400. The van der Waals surface area contributed by atoms with Gasteiger partial charge in [0.15, 0.2) is 0 Å². The molecule has 0 heterocycles. The molecule has 4 bridgehead atoms. The van der Waals surface area contributed by atoms with Crippen LogP contribution in [0.1, 0.15) is 77.0 Å². The molecule has 1 nitrogen and oxygen atoms in total. The third-order valence-corrected chi connectivity index (χ3v) is 7.17. The van der Waals surface area contributed by atoms with Crippen LogP contribution < -0.4 is 5.32 Å². The minimum atomic E-state index is 0.854. The molecule has 5 aliphatic carbocycles. The molecule has 0 unspecified atom stereocenters. The Bertz CT molecular complexity index is 288. The normalized spacial score (nSPS) is 45.3. The SMILES string of the molecule is C1CCCC(NCC2C3CC4CC(C3)CC2C4)CCC1. The quantitative estimate of drug-likeness (QED) is 0.783. The molecular weight excluding hydrogens is 242 g/mol. The lowest BCUT2D eigenvalue weighted by Crippen LogP contribution is -2.49. The van der Waals surface area contributed by atoms with Crippen molar-refractivity contribution in [3.05, 3.63) is 0 Å². The van der Waals surface area contributed by atoms with Gasteiger partial charge in [0.1, 0.15) is 0 Å². The highest BCUT2D eigenvalue weighted by Gasteiger charge is 2.47. The van der Waals surface area contributed by atoms with Crippen LogP contribution in [0.3, 0.4) is 0 Å². The second-order valence-corrected chi connectivity index (χ2v) is 8.54. The van der Waals surface area contributed by atoms with Gasteiger partial charge in [0.2, 0.25) is 0 Å². The summed E-state index contributed by atoms with van der Waals surface area (Å²) in [6.45, 7) is 1.36. The average Bonchev–Trinajstić information content (AvgIpc) is 2.39. The third-order valence-electron chi connectivity index (χ3n) is 7.17. The van der Waals surface area contributed by atoms with Gasteiger partial charge in [-0.1, -0.05) is 32.1 Å². The second kappa shape index (κ2) is 5.99. The molecule has 0 radical (unpaired) electrons. The molecule has 0 aromatic heterocycles. The van der Waals surface area contributed by atoms with Crippen molar-refractivity contribution in [2.45, 2.75) is 83.1 Å². The zero-order chi connectivity index (χ0) is 13.4. The van der Waals surface area contributed by atoms with Crippen LogP contribution in [0.2, 0.25) is 0 Å². The molecule has 20 heavy (non-hydrogen) atoms. The summed E-state index contributed by atoms with van der Waals surface area (Å²) in [5, 5.41) is 4.02. The van der Waals surface area contributed by atoms with Crippen LogP contribution in [-0.4, -0.2) is 12.6 Å². The minimum absolute atomic E-state index is 0.854. The molecule has 114 valence electrons. The van der Waals surface area contributed by atoms with Crippen molar-refractivity contribution in [2.75, 3.05) is 6.54 Å². The maximum Gasteiger partial charge on any atom is 0.00671 e. The Morgan fingerprint density at radius 3 is 1.80 bits per heavy atom. The zero-order valence-corrected chi connectivity index (χ0v) is 13.2. The van der Waals surface area contributed by atoms with E-state index >= 15 is 0 Å². The first-order valence-corrected chi connectivity index (χ1v) is 9.62.